The third-order valence-electron chi connectivity index (χ3n) is 2.78. The maximum Gasteiger partial charge on any atom is 0.00725 e. The summed E-state index contributed by atoms with van der Waals surface area (Å²) in [4.78, 5) is 0. The fourth-order valence-electron chi connectivity index (χ4n) is 2.04. The van der Waals surface area contributed by atoms with Crippen LogP contribution in [0, 0.1) is 0 Å². The van der Waals surface area contributed by atoms with Crippen molar-refractivity contribution in [3.05, 3.63) is 11.6 Å². The van der Waals surface area contributed by atoms with Crippen molar-refractivity contribution >= 4 is 0 Å². The fourth-order valence-corrected chi connectivity index (χ4v) is 2.04. The number of nitrogens with one attached hydrogen (secondary N) is 1. The van der Waals surface area contributed by atoms with E-state index in [1.54, 1.807) is 0 Å². The van der Waals surface area contributed by atoms with E-state index in [0.717, 1.165) is 12.1 Å². The van der Waals surface area contributed by atoms with E-state index in [0.29, 0.717) is 0 Å². The molecule has 2 atom stereocenters. The van der Waals surface area contributed by atoms with Gasteiger partial charge in [0, 0.05) is 12.1 Å². The van der Waals surface area contributed by atoms with Gasteiger partial charge in [0.25, 0.3) is 0 Å². The van der Waals surface area contributed by atoms with E-state index in [9.17, 15) is 0 Å². The first-order valence-electron chi connectivity index (χ1n) is 5.58. The van der Waals surface area contributed by atoms with E-state index in [1.165, 1.54) is 37.7 Å². The molecule has 1 saturated heterocycles. The molecule has 0 aromatic heterocycles. The molecule has 0 spiro atoms. The lowest BCUT2D eigenvalue weighted by Crippen LogP contribution is -2.40. The average Bonchev–Trinajstić information content (AvgIpc) is 2.03. The minimum atomic E-state index is 0.741. The summed E-state index contributed by atoms with van der Waals surface area (Å²) in [7, 11) is 0. The predicted octanol–water partition coefficient (Wildman–Crippen LogP) is 3.26. The molecule has 0 amide bonds. The van der Waals surface area contributed by atoms with Crippen LogP contribution in [-0.2, 0) is 0 Å². The molecular formula is C12H23N. The first kappa shape index (κ1) is 10.8. The molecule has 1 rings (SSSR count). The van der Waals surface area contributed by atoms with Crippen molar-refractivity contribution in [2.24, 2.45) is 0 Å². The highest BCUT2D eigenvalue weighted by Crippen LogP contribution is 2.16. The molecule has 1 nitrogen and oxygen atoms in total. The zero-order chi connectivity index (χ0) is 9.68. The van der Waals surface area contributed by atoms with Crippen LogP contribution in [0.15, 0.2) is 11.6 Å². The Kier molecular flexibility index (Phi) is 4.51. The smallest absolute Gasteiger partial charge is 0.00725 e. The van der Waals surface area contributed by atoms with Gasteiger partial charge in [0.05, 0.1) is 0 Å². The Morgan fingerprint density at radius 1 is 1.38 bits per heavy atom. The molecule has 1 aliphatic heterocycles. The molecule has 76 valence electrons. The monoisotopic (exact) mass is 181 g/mol. The van der Waals surface area contributed by atoms with E-state index in [4.69, 9.17) is 0 Å². The Bertz CT molecular complexity index is 168. The highest BCUT2D eigenvalue weighted by Gasteiger charge is 2.16. The van der Waals surface area contributed by atoms with Crippen molar-refractivity contribution in [3.8, 4) is 0 Å². The van der Waals surface area contributed by atoms with Gasteiger partial charge in [-0.3, -0.25) is 0 Å². The fraction of sp³-hybridized carbons (Fsp3) is 0.833. The van der Waals surface area contributed by atoms with Crippen LogP contribution in [0.4, 0.5) is 0 Å². The quantitative estimate of drug-likeness (QED) is 0.659. The minimum absolute atomic E-state index is 0.741. The van der Waals surface area contributed by atoms with Crippen molar-refractivity contribution in [1.82, 2.24) is 5.32 Å². The molecule has 2 unspecified atom stereocenters. The van der Waals surface area contributed by atoms with Crippen molar-refractivity contribution in [2.45, 2.75) is 65.0 Å². The topological polar surface area (TPSA) is 12.0 Å². The summed E-state index contributed by atoms with van der Waals surface area (Å²) in [5, 5.41) is 3.66. The predicted molar refractivity (Wildman–Crippen MR) is 58.9 cm³/mol. The van der Waals surface area contributed by atoms with Gasteiger partial charge in [-0.15, -0.1) is 0 Å². The molecule has 0 radical (unpaired) electrons. The SMILES string of the molecule is CC(C)=CCCC1CCCC(C)N1. The maximum atomic E-state index is 3.66. The summed E-state index contributed by atoms with van der Waals surface area (Å²) in [6.45, 7) is 6.65. The van der Waals surface area contributed by atoms with Crippen molar-refractivity contribution in [1.29, 1.82) is 0 Å². The molecule has 1 fully saturated rings. The Morgan fingerprint density at radius 3 is 2.77 bits per heavy atom. The summed E-state index contributed by atoms with van der Waals surface area (Å²) >= 11 is 0. The van der Waals surface area contributed by atoms with Crippen molar-refractivity contribution in [2.75, 3.05) is 0 Å². The largest absolute Gasteiger partial charge is 0.311 e. The zero-order valence-electron chi connectivity index (χ0n) is 9.27. The standard InChI is InChI=1S/C12H23N/c1-10(2)6-4-8-12-9-5-7-11(3)13-12/h6,11-13H,4-5,7-9H2,1-3H3. The summed E-state index contributed by atoms with van der Waals surface area (Å²) in [5.41, 5.74) is 1.45. The van der Waals surface area contributed by atoms with Crippen LogP contribution < -0.4 is 5.32 Å². The normalized spacial score (nSPS) is 28.5. The van der Waals surface area contributed by atoms with Gasteiger partial charge < -0.3 is 5.32 Å². The summed E-state index contributed by atoms with van der Waals surface area (Å²) in [5.74, 6) is 0. The van der Waals surface area contributed by atoms with E-state index < -0.39 is 0 Å². The van der Waals surface area contributed by atoms with Gasteiger partial charge in [0.2, 0.25) is 0 Å². The number of rotatable bonds is 3. The van der Waals surface area contributed by atoms with Gasteiger partial charge >= 0.3 is 0 Å². The van der Waals surface area contributed by atoms with Crippen molar-refractivity contribution < 1.29 is 0 Å². The number of hydrogen-bond acceptors (Lipinski definition) is 1. The Hall–Kier alpha value is -0.300. The Morgan fingerprint density at radius 2 is 2.15 bits per heavy atom. The van der Waals surface area contributed by atoms with Crippen LogP contribution in [0.25, 0.3) is 0 Å². The number of hydrogen-bond donors (Lipinski definition) is 1. The maximum absolute atomic E-state index is 3.66. The van der Waals surface area contributed by atoms with Crippen LogP contribution >= 0.6 is 0 Å². The summed E-state index contributed by atoms with van der Waals surface area (Å²) in [6.07, 6.45) is 9.05. The molecule has 1 heterocycles. The third kappa shape index (κ3) is 4.47. The summed E-state index contributed by atoms with van der Waals surface area (Å²) < 4.78 is 0. The van der Waals surface area contributed by atoms with Gasteiger partial charge in [-0.25, -0.2) is 0 Å². The lowest BCUT2D eigenvalue weighted by Gasteiger charge is -2.28. The molecule has 1 N–H and O–H groups in total. The Labute approximate surface area is 82.6 Å². The van der Waals surface area contributed by atoms with Gasteiger partial charge in [-0.2, -0.15) is 0 Å². The molecule has 0 saturated carbocycles. The lowest BCUT2D eigenvalue weighted by atomic mass is 9.96. The second kappa shape index (κ2) is 5.43. The third-order valence-corrected chi connectivity index (χ3v) is 2.78. The first-order chi connectivity index (χ1) is 6.18. The van der Waals surface area contributed by atoms with E-state index >= 15 is 0 Å². The number of allylic oxidation sites excluding steroid dienone is 2. The second-order valence-corrected chi connectivity index (χ2v) is 4.55. The molecule has 0 bridgehead atoms. The first-order valence-corrected chi connectivity index (χ1v) is 5.58. The van der Waals surface area contributed by atoms with Crippen LogP contribution in [0.5, 0.6) is 0 Å². The molecule has 0 aromatic carbocycles. The zero-order valence-corrected chi connectivity index (χ0v) is 9.27. The molecular weight excluding hydrogens is 158 g/mol. The van der Waals surface area contributed by atoms with Gasteiger partial charge in [0.15, 0.2) is 0 Å². The minimum Gasteiger partial charge on any atom is -0.311 e. The number of piperidine rings is 1. The van der Waals surface area contributed by atoms with Crippen LogP contribution in [-0.4, -0.2) is 12.1 Å². The van der Waals surface area contributed by atoms with E-state index in [1.807, 2.05) is 0 Å². The highest BCUT2D eigenvalue weighted by atomic mass is 15.0. The van der Waals surface area contributed by atoms with Crippen LogP contribution in [0.1, 0.15) is 52.9 Å². The molecule has 0 aromatic rings. The molecule has 1 aliphatic rings. The lowest BCUT2D eigenvalue weighted by molar-refractivity contribution is 0.323. The van der Waals surface area contributed by atoms with Gasteiger partial charge in [0.1, 0.15) is 0 Å². The Balaban J connectivity index is 2.17. The van der Waals surface area contributed by atoms with Gasteiger partial charge in [-0.1, -0.05) is 18.1 Å². The van der Waals surface area contributed by atoms with Gasteiger partial charge in [-0.05, 0) is 46.5 Å². The molecule has 1 heteroatoms. The molecule has 0 aliphatic carbocycles. The summed E-state index contributed by atoms with van der Waals surface area (Å²) in [6, 6.07) is 1.52. The van der Waals surface area contributed by atoms with E-state index in [-0.39, 0.29) is 0 Å². The van der Waals surface area contributed by atoms with E-state index in [2.05, 4.69) is 32.2 Å². The van der Waals surface area contributed by atoms with Crippen molar-refractivity contribution in [3.63, 3.8) is 0 Å². The second-order valence-electron chi connectivity index (χ2n) is 4.55. The van der Waals surface area contributed by atoms with Crippen LogP contribution in [0.3, 0.4) is 0 Å². The molecule has 13 heavy (non-hydrogen) atoms. The average molecular weight is 181 g/mol. The van der Waals surface area contributed by atoms with Crippen LogP contribution in [0.2, 0.25) is 0 Å². The highest BCUT2D eigenvalue weighted by molar-refractivity contribution is 4.93.